The molecular formula is C32H42N2O4S. The fraction of sp³-hybridized carbons (Fsp3) is 0.656. The van der Waals surface area contributed by atoms with Crippen molar-refractivity contribution in [1.29, 1.82) is 0 Å². The van der Waals surface area contributed by atoms with Gasteiger partial charge in [0.25, 0.3) is 0 Å². The Morgan fingerprint density at radius 3 is 1.67 bits per heavy atom. The van der Waals surface area contributed by atoms with Crippen molar-refractivity contribution >= 4 is 46.3 Å². The van der Waals surface area contributed by atoms with Crippen molar-refractivity contribution in [1.82, 2.24) is 5.32 Å². The molecule has 0 radical (unpaired) electrons. The van der Waals surface area contributed by atoms with Crippen molar-refractivity contribution < 1.29 is 19.2 Å². The molecule has 4 aliphatic rings. The van der Waals surface area contributed by atoms with E-state index in [0.29, 0.717) is 32.2 Å². The van der Waals surface area contributed by atoms with Gasteiger partial charge in [0, 0.05) is 39.2 Å². The molecule has 0 saturated heterocycles. The molecule has 0 heterocycles. The van der Waals surface area contributed by atoms with Gasteiger partial charge >= 0.3 is 0 Å². The summed E-state index contributed by atoms with van der Waals surface area (Å²) < 4.78 is 0. The van der Waals surface area contributed by atoms with Gasteiger partial charge in [-0.15, -0.1) is 0 Å². The molecule has 4 aliphatic carbocycles. The van der Waals surface area contributed by atoms with Crippen LogP contribution in [-0.2, 0) is 25.6 Å². The lowest BCUT2D eigenvalue weighted by atomic mass is 9.33. The van der Waals surface area contributed by atoms with Crippen LogP contribution in [0.25, 0.3) is 0 Å². The van der Waals surface area contributed by atoms with Gasteiger partial charge in [0.2, 0.25) is 5.91 Å². The zero-order valence-electron chi connectivity index (χ0n) is 23.7. The summed E-state index contributed by atoms with van der Waals surface area (Å²) in [6.07, 6.45) is 10.7. The minimum Gasteiger partial charge on any atom is -0.356 e. The second-order valence-corrected chi connectivity index (χ2v) is 13.6. The monoisotopic (exact) mass is 550 g/mol. The number of ketones is 3. The average Bonchev–Trinajstić information content (AvgIpc) is 2.85. The molecule has 0 aliphatic heterocycles. The molecule has 7 heteroatoms. The molecule has 4 saturated carbocycles. The van der Waals surface area contributed by atoms with Crippen molar-refractivity contribution in [2.45, 2.75) is 104 Å². The van der Waals surface area contributed by atoms with Crippen molar-refractivity contribution in [2.75, 3.05) is 6.54 Å². The predicted octanol–water partition coefficient (Wildman–Crippen LogP) is 6.51. The van der Waals surface area contributed by atoms with Crippen LogP contribution in [0.3, 0.4) is 0 Å². The van der Waals surface area contributed by atoms with E-state index in [0.717, 1.165) is 69.0 Å². The fourth-order valence-corrected chi connectivity index (χ4v) is 9.27. The quantitative estimate of drug-likeness (QED) is 0.210. The maximum Gasteiger partial charge on any atom is 0.216 e. The van der Waals surface area contributed by atoms with Gasteiger partial charge in [0.15, 0.2) is 0 Å². The lowest BCUT2D eigenvalue weighted by Crippen LogP contribution is -2.63. The Hall–Kier alpha value is -2.50. The molecule has 0 aromatic heterocycles. The number of rotatable bonds is 14. The van der Waals surface area contributed by atoms with Crippen LogP contribution >= 0.6 is 12.2 Å². The van der Waals surface area contributed by atoms with E-state index in [1.807, 2.05) is 24.3 Å². The first-order chi connectivity index (χ1) is 18.4. The van der Waals surface area contributed by atoms with E-state index in [1.165, 1.54) is 0 Å². The number of nitrogens with zero attached hydrogens (tertiary/aromatic N) is 1. The number of benzene rings is 1. The van der Waals surface area contributed by atoms with E-state index < -0.39 is 0 Å². The molecular weight excluding hydrogens is 508 g/mol. The number of amides is 1. The second kappa shape index (κ2) is 11.5. The normalized spacial score (nSPS) is 30.4. The molecule has 1 N–H and O–H groups in total. The molecule has 39 heavy (non-hydrogen) atoms. The summed E-state index contributed by atoms with van der Waals surface area (Å²) in [5.74, 6) is 0.633. The van der Waals surface area contributed by atoms with E-state index in [9.17, 15) is 19.2 Å². The molecule has 4 bridgehead atoms. The molecule has 2 unspecified atom stereocenters. The third kappa shape index (κ3) is 7.18. The molecule has 4 atom stereocenters. The molecule has 1 aromatic carbocycles. The smallest absolute Gasteiger partial charge is 0.216 e. The van der Waals surface area contributed by atoms with Crippen LogP contribution in [0.2, 0.25) is 0 Å². The van der Waals surface area contributed by atoms with Crippen LogP contribution in [0, 0.1) is 21.7 Å². The van der Waals surface area contributed by atoms with Gasteiger partial charge < -0.3 is 14.9 Å². The fourth-order valence-electron chi connectivity index (χ4n) is 9.16. The number of isothiocyanates is 1. The highest BCUT2D eigenvalue weighted by molar-refractivity contribution is 7.78. The van der Waals surface area contributed by atoms with Gasteiger partial charge in [0.05, 0.1) is 10.8 Å². The van der Waals surface area contributed by atoms with E-state index in [4.69, 9.17) is 0 Å². The molecule has 0 spiro atoms. The summed E-state index contributed by atoms with van der Waals surface area (Å²) in [4.78, 5) is 53.4. The maximum absolute atomic E-state index is 13.2. The lowest BCUT2D eigenvalue weighted by molar-refractivity contribution is -0.208. The summed E-state index contributed by atoms with van der Waals surface area (Å²) in [7, 11) is 0. The van der Waals surface area contributed by atoms with Crippen LogP contribution in [0.1, 0.15) is 103 Å². The van der Waals surface area contributed by atoms with Crippen LogP contribution in [0.15, 0.2) is 29.3 Å². The number of thiocarbonyl (C=S) groups is 1. The highest BCUT2D eigenvalue weighted by atomic mass is 32.1. The van der Waals surface area contributed by atoms with Gasteiger partial charge in [-0.25, -0.2) is 0 Å². The first kappa shape index (κ1) is 29.5. The Morgan fingerprint density at radius 1 is 0.769 bits per heavy atom. The largest absolute Gasteiger partial charge is 0.356 e. The zero-order chi connectivity index (χ0) is 28.3. The molecule has 1 amide bonds. The summed E-state index contributed by atoms with van der Waals surface area (Å²) in [6.45, 7) is 5.54. The van der Waals surface area contributed by atoms with Crippen molar-refractivity contribution in [2.24, 2.45) is 26.7 Å². The number of hydrogen-bond donors (Lipinski definition) is 1. The Morgan fingerprint density at radius 2 is 1.23 bits per heavy atom. The average molecular weight is 551 g/mol. The molecule has 210 valence electrons. The maximum atomic E-state index is 13.2. The van der Waals surface area contributed by atoms with E-state index in [-0.39, 0.29) is 44.9 Å². The van der Waals surface area contributed by atoms with Gasteiger partial charge in [0.1, 0.15) is 17.3 Å². The van der Waals surface area contributed by atoms with E-state index in [2.05, 4.69) is 27.7 Å². The van der Waals surface area contributed by atoms with Crippen LogP contribution in [-0.4, -0.2) is 35.0 Å². The zero-order valence-corrected chi connectivity index (χ0v) is 24.5. The van der Waals surface area contributed by atoms with Crippen molar-refractivity contribution in [3.05, 3.63) is 29.8 Å². The van der Waals surface area contributed by atoms with Crippen molar-refractivity contribution in [3.8, 4) is 0 Å². The number of nitrogens with one attached hydrogen (secondary N) is 1. The Labute approximate surface area is 237 Å². The number of Topliss-reactive ketones (excluding diaryl/α,β-unsaturated/α-hetero) is 3. The summed E-state index contributed by atoms with van der Waals surface area (Å²) in [5, 5.41) is 5.50. The minimum absolute atomic E-state index is 0.00563. The Bertz CT molecular complexity index is 1090. The van der Waals surface area contributed by atoms with Crippen molar-refractivity contribution in [3.63, 3.8) is 0 Å². The topological polar surface area (TPSA) is 92.7 Å². The molecule has 6 nitrogen and oxygen atoms in total. The highest BCUT2D eigenvalue weighted by Crippen LogP contribution is 2.76. The SMILES string of the molecule is CC(=O)CC[C@]12CC3(CCC(=O)Cc4ccc(N=C=S)cc4)CC(CNC(C)=O)(C1)C[C@@](CCC(C)=O)(C3)C2. The number of carbonyl (C=O) groups excluding carboxylic acids is 4. The summed E-state index contributed by atoms with van der Waals surface area (Å²) in [5.41, 5.74) is 1.69. The molecule has 5 rings (SSSR count). The third-order valence-electron chi connectivity index (χ3n) is 9.67. The highest BCUT2D eigenvalue weighted by Gasteiger charge is 2.67. The summed E-state index contributed by atoms with van der Waals surface area (Å²) in [6, 6.07) is 7.54. The van der Waals surface area contributed by atoms with Gasteiger partial charge in [-0.1, -0.05) is 12.1 Å². The number of hydrogen-bond acceptors (Lipinski definition) is 6. The van der Waals surface area contributed by atoms with Crippen LogP contribution in [0.5, 0.6) is 0 Å². The van der Waals surface area contributed by atoms with Crippen LogP contribution < -0.4 is 5.32 Å². The molecule has 4 fully saturated rings. The van der Waals surface area contributed by atoms with Gasteiger partial charge in [-0.05, 0) is 123 Å². The van der Waals surface area contributed by atoms with Gasteiger partial charge in [-0.2, -0.15) is 4.99 Å². The van der Waals surface area contributed by atoms with Crippen LogP contribution in [0.4, 0.5) is 5.69 Å². The predicted molar refractivity (Wildman–Crippen MR) is 155 cm³/mol. The molecule has 1 aromatic rings. The first-order valence-electron chi connectivity index (χ1n) is 14.3. The third-order valence-corrected chi connectivity index (χ3v) is 9.76. The first-order valence-corrected chi connectivity index (χ1v) is 14.7. The van der Waals surface area contributed by atoms with E-state index >= 15 is 0 Å². The van der Waals surface area contributed by atoms with Gasteiger partial charge in [-0.3, -0.25) is 9.59 Å². The standard InChI is InChI=1S/C32H42N2O4S/c1-23(35)8-11-29-15-30(12-9-24(2)36)17-31(16-29,20-32(18-29,19-30)21-33-25(3)37)13-10-28(38)14-26-4-6-27(7-5-26)34-22-39/h4-7H,8-21H2,1-3H3,(H,33,37)/t29-,30+,31?,32?. The Balaban J connectivity index is 1.58. The number of aliphatic imine (C=N–C) groups is 1. The number of carbonyl (C=O) groups is 4. The minimum atomic E-state index is -0.0465. The lowest BCUT2D eigenvalue weighted by Gasteiger charge is -2.71. The summed E-state index contributed by atoms with van der Waals surface area (Å²) >= 11 is 4.67. The Kier molecular flexibility index (Phi) is 8.73. The van der Waals surface area contributed by atoms with E-state index in [1.54, 1.807) is 20.8 Å². The second-order valence-electron chi connectivity index (χ2n) is 13.5.